The Bertz CT molecular complexity index is 590. The molecule has 20 heavy (non-hydrogen) atoms. The van der Waals surface area contributed by atoms with Crippen LogP contribution in [0.15, 0.2) is 42.7 Å². The van der Waals surface area contributed by atoms with E-state index in [-0.39, 0.29) is 5.69 Å². The Hall–Kier alpha value is -1.95. The summed E-state index contributed by atoms with van der Waals surface area (Å²) in [5.41, 5.74) is 2.01. The van der Waals surface area contributed by atoms with E-state index in [9.17, 15) is 10.1 Å². The second kappa shape index (κ2) is 7.00. The van der Waals surface area contributed by atoms with Gasteiger partial charge in [-0.15, -0.1) is 0 Å². The van der Waals surface area contributed by atoms with Crippen molar-refractivity contribution >= 4 is 21.6 Å². The molecule has 1 aromatic heterocycles. The molecule has 2 aromatic rings. The second-order valence-corrected chi connectivity index (χ2v) is 4.71. The summed E-state index contributed by atoms with van der Waals surface area (Å²) >= 11 is 3.33. The SMILES string of the molecule is O=[N+]([O-])c1ccc(CBr)cc1OCCc1ccncc1. The zero-order valence-electron chi connectivity index (χ0n) is 10.7. The molecule has 0 saturated heterocycles. The molecule has 0 bridgehead atoms. The number of rotatable bonds is 6. The summed E-state index contributed by atoms with van der Waals surface area (Å²) in [5.74, 6) is 0.306. The number of nitro groups is 1. The molecule has 0 unspecified atom stereocenters. The molecule has 0 atom stereocenters. The van der Waals surface area contributed by atoms with E-state index in [4.69, 9.17) is 4.74 Å². The van der Waals surface area contributed by atoms with Crippen molar-refractivity contribution in [1.82, 2.24) is 4.98 Å². The van der Waals surface area contributed by atoms with Crippen LogP contribution in [0.25, 0.3) is 0 Å². The molecule has 1 heterocycles. The summed E-state index contributed by atoms with van der Waals surface area (Å²) in [6.45, 7) is 0.386. The van der Waals surface area contributed by atoms with Gasteiger partial charge in [0, 0.05) is 30.2 Å². The van der Waals surface area contributed by atoms with E-state index >= 15 is 0 Å². The summed E-state index contributed by atoms with van der Waals surface area (Å²) in [4.78, 5) is 14.5. The van der Waals surface area contributed by atoms with Crippen LogP contribution in [0.3, 0.4) is 0 Å². The van der Waals surface area contributed by atoms with Gasteiger partial charge in [0.15, 0.2) is 5.75 Å². The van der Waals surface area contributed by atoms with Gasteiger partial charge in [-0.3, -0.25) is 15.1 Å². The van der Waals surface area contributed by atoms with Gasteiger partial charge in [-0.05, 0) is 29.3 Å². The topological polar surface area (TPSA) is 65.3 Å². The molecule has 0 saturated carbocycles. The van der Waals surface area contributed by atoms with Crippen molar-refractivity contribution in [3.63, 3.8) is 0 Å². The number of hydrogen-bond acceptors (Lipinski definition) is 4. The van der Waals surface area contributed by atoms with E-state index in [1.165, 1.54) is 6.07 Å². The van der Waals surface area contributed by atoms with Crippen molar-refractivity contribution in [2.75, 3.05) is 6.61 Å². The van der Waals surface area contributed by atoms with Crippen LogP contribution in [0.4, 0.5) is 5.69 Å². The van der Waals surface area contributed by atoms with E-state index in [1.807, 2.05) is 12.1 Å². The average Bonchev–Trinajstić information content (AvgIpc) is 2.48. The number of alkyl halides is 1. The Morgan fingerprint density at radius 3 is 2.60 bits per heavy atom. The summed E-state index contributed by atoms with van der Waals surface area (Å²) in [6.07, 6.45) is 4.10. The third-order valence-electron chi connectivity index (χ3n) is 2.77. The van der Waals surface area contributed by atoms with Gasteiger partial charge in [-0.1, -0.05) is 22.0 Å². The molecule has 0 N–H and O–H groups in total. The monoisotopic (exact) mass is 336 g/mol. The Kier molecular flexibility index (Phi) is 5.06. The number of aromatic nitrogens is 1. The van der Waals surface area contributed by atoms with Crippen LogP contribution in [0.5, 0.6) is 5.75 Å². The molecule has 5 nitrogen and oxygen atoms in total. The lowest BCUT2D eigenvalue weighted by molar-refractivity contribution is -0.385. The highest BCUT2D eigenvalue weighted by Gasteiger charge is 2.15. The van der Waals surface area contributed by atoms with E-state index in [0.717, 1.165) is 11.1 Å². The summed E-state index contributed by atoms with van der Waals surface area (Å²) in [7, 11) is 0. The molecule has 0 radical (unpaired) electrons. The summed E-state index contributed by atoms with van der Waals surface area (Å²) in [5, 5.41) is 11.6. The molecular weight excluding hydrogens is 324 g/mol. The average molecular weight is 337 g/mol. The molecule has 0 spiro atoms. The van der Waals surface area contributed by atoms with E-state index < -0.39 is 4.92 Å². The predicted molar refractivity (Wildman–Crippen MR) is 79.2 cm³/mol. The first-order valence-electron chi connectivity index (χ1n) is 6.05. The lowest BCUT2D eigenvalue weighted by atomic mass is 10.2. The number of benzene rings is 1. The standard InChI is InChI=1S/C14H13BrN2O3/c15-10-12-1-2-13(17(18)19)14(9-12)20-8-5-11-3-6-16-7-4-11/h1-4,6-7,9H,5,8,10H2. The molecule has 0 amide bonds. The number of pyridine rings is 1. The van der Waals surface area contributed by atoms with Gasteiger partial charge in [-0.2, -0.15) is 0 Å². The van der Waals surface area contributed by atoms with Gasteiger partial charge in [0.25, 0.3) is 0 Å². The lowest BCUT2D eigenvalue weighted by Gasteiger charge is -2.08. The first-order valence-corrected chi connectivity index (χ1v) is 7.18. The zero-order valence-corrected chi connectivity index (χ0v) is 12.2. The molecule has 1 aromatic carbocycles. The van der Waals surface area contributed by atoms with Crippen molar-refractivity contribution in [2.45, 2.75) is 11.8 Å². The fourth-order valence-electron chi connectivity index (χ4n) is 1.74. The zero-order chi connectivity index (χ0) is 14.4. The molecule has 6 heteroatoms. The maximum atomic E-state index is 11.0. The third-order valence-corrected chi connectivity index (χ3v) is 3.42. The van der Waals surface area contributed by atoms with Crippen molar-refractivity contribution in [1.29, 1.82) is 0 Å². The quantitative estimate of drug-likeness (QED) is 0.460. The fraction of sp³-hybridized carbons (Fsp3) is 0.214. The van der Waals surface area contributed by atoms with Crippen LogP contribution in [0.2, 0.25) is 0 Å². The molecule has 0 fully saturated rings. The van der Waals surface area contributed by atoms with Crippen LogP contribution in [-0.4, -0.2) is 16.5 Å². The number of hydrogen-bond donors (Lipinski definition) is 0. The summed E-state index contributed by atoms with van der Waals surface area (Å²) < 4.78 is 5.56. The van der Waals surface area contributed by atoms with E-state index in [2.05, 4.69) is 20.9 Å². The number of ether oxygens (including phenoxy) is 1. The van der Waals surface area contributed by atoms with Crippen molar-refractivity contribution in [2.24, 2.45) is 0 Å². The van der Waals surface area contributed by atoms with Crippen molar-refractivity contribution < 1.29 is 9.66 Å². The van der Waals surface area contributed by atoms with Crippen LogP contribution < -0.4 is 4.74 Å². The minimum absolute atomic E-state index is 0.00979. The van der Waals surface area contributed by atoms with Gasteiger partial charge >= 0.3 is 5.69 Å². The van der Waals surface area contributed by atoms with Crippen LogP contribution in [0, 0.1) is 10.1 Å². The number of nitro benzene ring substituents is 1. The van der Waals surface area contributed by atoms with E-state index in [1.54, 1.807) is 24.5 Å². The second-order valence-electron chi connectivity index (χ2n) is 4.15. The molecule has 104 valence electrons. The minimum atomic E-state index is -0.431. The Balaban J connectivity index is 2.06. The Morgan fingerprint density at radius 2 is 1.95 bits per heavy atom. The summed E-state index contributed by atoms with van der Waals surface area (Å²) in [6, 6.07) is 8.67. The molecule has 2 rings (SSSR count). The van der Waals surface area contributed by atoms with Gasteiger partial charge in [0.05, 0.1) is 11.5 Å². The third kappa shape index (κ3) is 3.77. The van der Waals surface area contributed by atoms with E-state index in [0.29, 0.717) is 24.1 Å². The Morgan fingerprint density at radius 1 is 1.20 bits per heavy atom. The lowest BCUT2D eigenvalue weighted by Crippen LogP contribution is -2.04. The van der Waals surface area contributed by atoms with Crippen LogP contribution in [0.1, 0.15) is 11.1 Å². The predicted octanol–water partition coefficient (Wildman–Crippen LogP) is 3.51. The van der Waals surface area contributed by atoms with Gasteiger partial charge < -0.3 is 4.74 Å². The highest BCUT2D eigenvalue weighted by molar-refractivity contribution is 9.08. The molecule has 0 aliphatic rings. The highest BCUT2D eigenvalue weighted by Crippen LogP contribution is 2.28. The van der Waals surface area contributed by atoms with Crippen LogP contribution >= 0.6 is 15.9 Å². The molecule has 0 aliphatic heterocycles. The molecular formula is C14H13BrN2O3. The van der Waals surface area contributed by atoms with Gasteiger partial charge in [-0.25, -0.2) is 0 Å². The first kappa shape index (κ1) is 14.5. The molecule has 0 aliphatic carbocycles. The smallest absolute Gasteiger partial charge is 0.310 e. The van der Waals surface area contributed by atoms with Gasteiger partial charge in [0.1, 0.15) is 0 Å². The number of nitrogens with zero attached hydrogens (tertiary/aromatic N) is 2. The maximum absolute atomic E-state index is 11.0. The largest absolute Gasteiger partial charge is 0.486 e. The first-order chi connectivity index (χ1) is 9.70. The number of halogens is 1. The normalized spacial score (nSPS) is 10.2. The maximum Gasteiger partial charge on any atom is 0.310 e. The fourth-order valence-corrected chi connectivity index (χ4v) is 2.09. The van der Waals surface area contributed by atoms with Gasteiger partial charge in [0.2, 0.25) is 0 Å². The highest BCUT2D eigenvalue weighted by atomic mass is 79.9. The van der Waals surface area contributed by atoms with Crippen molar-refractivity contribution in [3.8, 4) is 5.75 Å². The van der Waals surface area contributed by atoms with Crippen molar-refractivity contribution in [3.05, 3.63) is 64.0 Å². The minimum Gasteiger partial charge on any atom is -0.486 e. The Labute approximate surface area is 124 Å². The van der Waals surface area contributed by atoms with Crippen LogP contribution in [-0.2, 0) is 11.8 Å².